The number of piperidine rings is 1. The number of fused-ring (bicyclic) bond motifs is 3. The number of benzene rings is 1. The molecule has 1 amide bonds. The van der Waals surface area contributed by atoms with Crippen LogP contribution in [-0.4, -0.2) is 37.9 Å². The van der Waals surface area contributed by atoms with E-state index >= 15 is 0 Å². The molecule has 1 saturated carbocycles. The van der Waals surface area contributed by atoms with Crippen LogP contribution in [0.4, 0.5) is 0 Å². The number of carbonyl (C=O) groups excluding carboxylic acids is 1. The fourth-order valence-electron chi connectivity index (χ4n) is 4.30. The highest BCUT2D eigenvalue weighted by Crippen LogP contribution is 2.38. The fourth-order valence-corrected chi connectivity index (χ4v) is 4.30. The van der Waals surface area contributed by atoms with Gasteiger partial charge in [0.1, 0.15) is 5.52 Å². The van der Waals surface area contributed by atoms with Crippen LogP contribution in [-0.2, 0) is 6.54 Å². The predicted octanol–water partition coefficient (Wildman–Crippen LogP) is 3.10. The van der Waals surface area contributed by atoms with Gasteiger partial charge in [0.25, 0.3) is 5.91 Å². The molecule has 2 atom stereocenters. The fraction of sp³-hybridized carbons (Fsp3) is 0.350. The van der Waals surface area contributed by atoms with E-state index in [-0.39, 0.29) is 5.91 Å². The second-order valence-corrected chi connectivity index (χ2v) is 7.22. The molecular weight excluding hydrogens is 312 g/mol. The molecule has 0 unspecified atom stereocenters. The molecule has 126 valence electrons. The third-order valence-electron chi connectivity index (χ3n) is 5.57. The SMILES string of the molecule is O=C(c1cnc2c(c1)ncn2Cc1ccccc1)N1C[C@H]2CC[C@H]1C2. The highest BCUT2D eigenvalue weighted by atomic mass is 16.2. The van der Waals surface area contributed by atoms with Gasteiger partial charge in [-0.2, -0.15) is 0 Å². The average Bonchev–Trinajstić information content (AvgIpc) is 3.37. The smallest absolute Gasteiger partial charge is 0.255 e. The first-order valence-corrected chi connectivity index (χ1v) is 8.94. The summed E-state index contributed by atoms with van der Waals surface area (Å²) in [5, 5.41) is 0. The van der Waals surface area contributed by atoms with Crippen LogP contribution in [0.3, 0.4) is 0 Å². The molecule has 5 nitrogen and oxygen atoms in total. The van der Waals surface area contributed by atoms with E-state index in [0.717, 1.165) is 30.7 Å². The number of aromatic nitrogens is 3. The molecule has 1 aliphatic heterocycles. The number of rotatable bonds is 3. The van der Waals surface area contributed by atoms with Gasteiger partial charge in [0.15, 0.2) is 5.65 Å². The van der Waals surface area contributed by atoms with Gasteiger partial charge in [-0.1, -0.05) is 30.3 Å². The van der Waals surface area contributed by atoms with Crippen LogP contribution in [0.5, 0.6) is 0 Å². The lowest BCUT2D eigenvalue weighted by atomic mass is 10.1. The third-order valence-corrected chi connectivity index (χ3v) is 5.57. The van der Waals surface area contributed by atoms with Gasteiger partial charge >= 0.3 is 0 Å². The van der Waals surface area contributed by atoms with Gasteiger partial charge in [0.05, 0.1) is 18.4 Å². The zero-order valence-electron chi connectivity index (χ0n) is 14.0. The molecule has 3 aromatic rings. The lowest BCUT2D eigenvalue weighted by Gasteiger charge is -2.26. The van der Waals surface area contributed by atoms with Crippen LogP contribution < -0.4 is 0 Å². The summed E-state index contributed by atoms with van der Waals surface area (Å²) in [6, 6.07) is 12.6. The van der Waals surface area contributed by atoms with E-state index in [2.05, 4.69) is 22.1 Å². The summed E-state index contributed by atoms with van der Waals surface area (Å²) in [7, 11) is 0. The van der Waals surface area contributed by atoms with Crippen molar-refractivity contribution in [2.45, 2.75) is 31.8 Å². The Morgan fingerprint density at radius 1 is 1.16 bits per heavy atom. The molecule has 2 bridgehead atoms. The van der Waals surface area contributed by atoms with E-state index in [0.29, 0.717) is 17.5 Å². The van der Waals surface area contributed by atoms with Crippen molar-refractivity contribution in [2.24, 2.45) is 5.92 Å². The molecule has 2 aromatic heterocycles. The summed E-state index contributed by atoms with van der Waals surface area (Å²) in [5.74, 6) is 0.815. The molecule has 5 heteroatoms. The Morgan fingerprint density at radius 3 is 2.80 bits per heavy atom. The lowest BCUT2D eigenvalue weighted by molar-refractivity contribution is 0.0703. The maximum absolute atomic E-state index is 12.8. The van der Waals surface area contributed by atoms with Gasteiger partial charge in [-0.05, 0) is 36.8 Å². The maximum Gasteiger partial charge on any atom is 0.255 e. The van der Waals surface area contributed by atoms with Gasteiger partial charge in [-0.25, -0.2) is 9.97 Å². The van der Waals surface area contributed by atoms with E-state index in [1.165, 1.54) is 18.4 Å². The second kappa shape index (κ2) is 5.69. The number of nitrogens with zero attached hydrogens (tertiary/aromatic N) is 4. The summed E-state index contributed by atoms with van der Waals surface area (Å²) < 4.78 is 2.02. The van der Waals surface area contributed by atoms with Crippen LogP contribution in [0, 0.1) is 5.92 Å². The summed E-state index contributed by atoms with van der Waals surface area (Å²) >= 11 is 0. The molecular formula is C20H20N4O. The minimum atomic E-state index is 0.110. The van der Waals surface area contributed by atoms with E-state index < -0.39 is 0 Å². The average molecular weight is 332 g/mol. The molecule has 1 aromatic carbocycles. The number of pyridine rings is 1. The van der Waals surface area contributed by atoms with Gasteiger partial charge in [0, 0.05) is 18.8 Å². The Bertz CT molecular complexity index is 933. The first-order chi connectivity index (χ1) is 12.3. The minimum absolute atomic E-state index is 0.110. The number of imidazole rings is 1. The number of hydrogen-bond donors (Lipinski definition) is 0. The van der Waals surface area contributed by atoms with Crippen molar-refractivity contribution in [3.8, 4) is 0 Å². The van der Waals surface area contributed by atoms with Gasteiger partial charge in [-0.3, -0.25) is 4.79 Å². The predicted molar refractivity (Wildman–Crippen MR) is 95.2 cm³/mol. The van der Waals surface area contributed by atoms with Crippen LogP contribution >= 0.6 is 0 Å². The zero-order chi connectivity index (χ0) is 16.8. The Morgan fingerprint density at radius 2 is 2.04 bits per heavy atom. The van der Waals surface area contributed by atoms with Crippen molar-refractivity contribution in [1.29, 1.82) is 0 Å². The monoisotopic (exact) mass is 332 g/mol. The Kier molecular flexibility index (Phi) is 3.33. The lowest BCUT2D eigenvalue weighted by Crippen LogP contribution is -2.37. The number of carbonyl (C=O) groups is 1. The summed E-state index contributed by atoms with van der Waals surface area (Å²) in [6.07, 6.45) is 7.11. The molecule has 0 spiro atoms. The topological polar surface area (TPSA) is 51.0 Å². The normalized spacial score (nSPS) is 22.0. The van der Waals surface area contributed by atoms with Crippen molar-refractivity contribution in [2.75, 3.05) is 6.54 Å². The standard InChI is InChI=1S/C20H20N4O/c25-20(24-12-15-6-7-17(24)8-15)16-9-18-19(21-10-16)23(13-22-18)11-14-4-2-1-3-5-14/h1-5,9-10,13,15,17H,6-8,11-12H2/t15-,17-/m0/s1. The molecule has 5 rings (SSSR count). The van der Waals surface area contributed by atoms with Crippen molar-refractivity contribution >= 4 is 17.1 Å². The number of amides is 1. The van der Waals surface area contributed by atoms with Crippen molar-refractivity contribution in [3.63, 3.8) is 0 Å². The van der Waals surface area contributed by atoms with E-state index in [9.17, 15) is 4.79 Å². The van der Waals surface area contributed by atoms with Gasteiger partial charge in [0.2, 0.25) is 0 Å². The summed E-state index contributed by atoms with van der Waals surface area (Å²) in [6.45, 7) is 1.64. The van der Waals surface area contributed by atoms with Crippen LogP contribution in [0.1, 0.15) is 35.2 Å². The van der Waals surface area contributed by atoms with Crippen molar-refractivity contribution in [3.05, 3.63) is 60.0 Å². The largest absolute Gasteiger partial charge is 0.335 e. The summed E-state index contributed by atoms with van der Waals surface area (Å²) in [4.78, 5) is 23.9. The Labute approximate surface area is 146 Å². The molecule has 1 saturated heterocycles. The number of likely N-dealkylation sites (tertiary alicyclic amines) is 1. The molecule has 2 aliphatic rings. The highest BCUT2D eigenvalue weighted by molar-refractivity contribution is 5.96. The van der Waals surface area contributed by atoms with Gasteiger partial charge < -0.3 is 9.47 Å². The van der Waals surface area contributed by atoms with Crippen LogP contribution in [0.15, 0.2) is 48.9 Å². The first kappa shape index (κ1) is 14.6. The quantitative estimate of drug-likeness (QED) is 0.740. The maximum atomic E-state index is 12.8. The van der Waals surface area contributed by atoms with E-state index in [1.54, 1.807) is 12.5 Å². The second-order valence-electron chi connectivity index (χ2n) is 7.22. The highest BCUT2D eigenvalue weighted by Gasteiger charge is 2.40. The van der Waals surface area contributed by atoms with Crippen LogP contribution in [0.2, 0.25) is 0 Å². The Hall–Kier alpha value is -2.69. The molecule has 1 aliphatic carbocycles. The molecule has 3 heterocycles. The van der Waals surface area contributed by atoms with E-state index in [1.807, 2.05) is 33.7 Å². The zero-order valence-corrected chi connectivity index (χ0v) is 14.0. The molecule has 0 N–H and O–H groups in total. The minimum Gasteiger partial charge on any atom is -0.335 e. The first-order valence-electron chi connectivity index (χ1n) is 8.94. The van der Waals surface area contributed by atoms with Gasteiger partial charge in [-0.15, -0.1) is 0 Å². The molecule has 0 radical (unpaired) electrons. The van der Waals surface area contributed by atoms with E-state index in [4.69, 9.17) is 0 Å². The van der Waals surface area contributed by atoms with Crippen molar-refractivity contribution in [1.82, 2.24) is 19.4 Å². The Balaban J connectivity index is 1.42. The number of hydrogen-bond acceptors (Lipinski definition) is 3. The molecule has 2 fully saturated rings. The van der Waals surface area contributed by atoms with Crippen LogP contribution in [0.25, 0.3) is 11.2 Å². The third kappa shape index (κ3) is 2.51. The van der Waals surface area contributed by atoms with Crippen molar-refractivity contribution < 1.29 is 4.79 Å². The summed E-state index contributed by atoms with van der Waals surface area (Å²) in [5.41, 5.74) is 3.47. The molecule has 25 heavy (non-hydrogen) atoms.